The van der Waals surface area contributed by atoms with Crippen LogP contribution in [0.2, 0.25) is 0 Å². The summed E-state index contributed by atoms with van der Waals surface area (Å²) in [6, 6.07) is 3.75. The van der Waals surface area contributed by atoms with E-state index in [2.05, 4.69) is 0 Å². The molecule has 108 valence electrons. The lowest BCUT2D eigenvalue weighted by Crippen LogP contribution is -2.38. The summed E-state index contributed by atoms with van der Waals surface area (Å²) in [6.07, 6.45) is 0.554. The fraction of sp³-hybridized carbons (Fsp3) is 0.500. The number of aryl methyl sites for hydroxylation is 2. The van der Waals surface area contributed by atoms with E-state index < -0.39 is 0 Å². The summed E-state index contributed by atoms with van der Waals surface area (Å²) in [4.78, 5) is 26.3. The Labute approximate surface area is 119 Å². The van der Waals surface area contributed by atoms with Gasteiger partial charge in [0.1, 0.15) is 0 Å². The Morgan fingerprint density at radius 1 is 1.05 bits per heavy atom. The maximum absolute atomic E-state index is 12.5. The topological polar surface area (TPSA) is 57.6 Å². The van der Waals surface area contributed by atoms with Gasteiger partial charge in [-0.25, -0.2) is 0 Å². The zero-order valence-electron chi connectivity index (χ0n) is 12.5. The van der Waals surface area contributed by atoms with Crippen molar-refractivity contribution >= 4 is 11.8 Å². The maximum atomic E-state index is 12.5. The normalized spacial score (nSPS) is 14.9. The van der Waals surface area contributed by atoms with Gasteiger partial charge < -0.3 is 5.11 Å². The van der Waals surface area contributed by atoms with Crippen LogP contribution in [-0.2, 0) is 0 Å². The number of amides is 2. The molecule has 0 unspecified atom stereocenters. The molecule has 2 rings (SSSR count). The lowest BCUT2D eigenvalue weighted by atomic mass is 9.89. The van der Waals surface area contributed by atoms with Crippen LogP contribution in [0.5, 0.6) is 0 Å². The number of nitrogens with zero attached hydrogens (tertiary/aromatic N) is 1. The molecular formula is C16H21NO3. The Hall–Kier alpha value is -1.68. The summed E-state index contributed by atoms with van der Waals surface area (Å²) in [5, 5.41) is 9.08. The van der Waals surface area contributed by atoms with Crippen molar-refractivity contribution in [2.24, 2.45) is 5.41 Å². The first-order valence-corrected chi connectivity index (χ1v) is 6.86. The molecule has 1 aliphatic heterocycles. The SMILES string of the molecule is Cc1ccc(C)c2c1C(=O)N(CC(C)(C)CCO)C2=O. The number of carbonyl (C=O) groups is 2. The van der Waals surface area contributed by atoms with Gasteiger partial charge in [-0.05, 0) is 36.8 Å². The van der Waals surface area contributed by atoms with Gasteiger partial charge in [0, 0.05) is 13.2 Å². The van der Waals surface area contributed by atoms with Crippen LogP contribution in [0.1, 0.15) is 52.1 Å². The molecule has 0 saturated heterocycles. The number of hydrogen-bond donors (Lipinski definition) is 1. The predicted molar refractivity (Wildman–Crippen MR) is 76.8 cm³/mol. The van der Waals surface area contributed by atoms with Crippen LogP contribution in [0.3, 0.4) is 0 Å². The Morgan fingerprint density at radius 3 is 1.90 bits per heavy atom. The molecule has 0 fully saturated rings. The fourth-order valence-electron chi connectivity index (χ4n) is 2.68. The largest absolute Gasteiger partial charge is 0.396 e. The Kier molecular flexibility index (Phi) is 3.69. The van der Waals surface area contributed by atoms with Crippen molar-refractivity contribution in [1.29, 1.82) is 0 Å². The summed E-state index contributed by atoms with van der Waals surface area (Å²) < 4.78 is 0. The molecule has 4 heteroatoms. The molecular weight excluding hydrogens is 254 g/mol. The first-order chi connectivity index (χ1) is 9.28. The molecule has 0 radical (unpaired) electrons. The molecule has 0 bridgehead atoms. The van der Waals surface area contributed by atoms with Gasteiger partial charge in [-0.1, -0.05) is 26.0 Å². The summed E-state index contributed by atoms with van der Waals surface area (Å²) in [5.74, 6) is -0.422. The highest BCUT2D eigenvalue weighted by atomic mass is 16.3. The second kappa shape index (κ2) is 5.02. The lowest BCUT2D eigenvalue weighted by Gasteiger charge is -2.28. The number of carbonyl (C=O) groups excluding carboxylic acids is 2. The zero-order chi connectivity index (χ0) is 15.1. The van der Waals surface area contributed by atoms with Crippen molar-refractivity contribution in [3.8, 4) is 0 Å². The van der Waals surface area contributed by atoms with Gasteiger partial charge in [0.2, 0.25) is 0 Å². The van der Waals surface area contributed by atoms with Crippen LogP contribution in [0.15, 0.2) is 12.1 Å². The quantitative estimate of drug-likeness (QED) is 0.858. The van der Waals surface area contributed by atoms with Crippen LogP contribution in [-0.4, -0.2) is 35.0 Å². The number of fused-ring (bicyclic) bond motifs is 1. The zero-order valence-corrected chi connectivity index (χ0v) is 12.5. The van der Waals surface area contributed by atoms with Crippen LogP contribution in [0.25, 0.3) is 0 Å². The molecule has 1 aliphatic rings. The molecule has 0 saturated carbocycles. The van der Waals surface area contributed by atoms with E-state index in [0.29, 0.717) is 24.1 Å². The smallest absolute Gasteiger partial charge is 0.261 e. The van der Waals surface area contributed by atoms with Crippen molar-refractivity contribution in [3.63, 3.8) is 0 Å². The minimum atomic E-state index is -0.288. The summed E-state index contributed by atoms with van der Waals surface area (Å²) in [6.45, 7) is 7.99. The third kappa shape index (κ3) is 2.36. The van der Waals surface area contributed by atoms with Gasteiger partial charge >= 0.3 is 0 Å². The predicted octanol–water partition coefficient (Wildman–Crippen LogP) is 2.31. The minimum absolute atomic E-state index is 0.0498. The number of aliphatic hydroxyl groups excluding tert-OH is 1. The second-order valence-corrected chi connectivity index (χ2v) is 6.28. The number of benzene rings is 1. The fourth-order valence-corrected chi connectivity index (χ4v) is 2.68. The van der Waals surface area contributed by atoms with Gasteiger partial charge in [0.05, 0.1) is 11.1 Å². The maximum Gasteiger partial charge on any atom is 0.261 e. The molecule has 0 spiro atoms. The van der Waals surface area contributed by atoms with E-state index in [-0.39, 0.29) is 23.8 Å². The summed E-state index contributed by atoms with van der Waals surface area (Å²) in [7, 11) is 0. The van der Waals surface area contributed by atoms with Gasteiger partial charge in [-0.2, -0.15) is 0 Å². The third-order valence-electron chi connectivity index (χ3n) is 3.91. The summed E-state index contributed by atoms with van der Waals surface area (Å²) in [5.41, 5.74) is 2.46. The van der Waals surface area contributed by atoms with Crippen LogP contribution >= 0.6 is 0 Å². The highest BCUT2D eigenvalue weighted by molar-refractivity contribution is 6.22. The van der Waals surface area contributed by atoms with Crippen molar-refractivity contribution in [2.75, 3.05) is 13.2 Å². The first kappa shape index (κ1) is 14.7. The molecule has 1 aromatic carbocycles. The number of hydrogen-bond acceptors (Lipinski definition) is 3. The second-order valence-electron chi connectivity index (χ2n) is 6.28. The highest BCUT2D eigenvalue weighted by Crippen LogP contribution is 2.32. The van der Waals surface area contributed by atoms with E-state index >= 15 is 0 Å². The first-order valence-electron chi connectivity index (χ1n) is 6.86. The number of aliphatic hydroxyl groups is 1. The summed E-state index contributed by atoms with van der Waals surface area (Å²) >= 11 is 0. The van der Waals surface area contributed by atoms with Crippen LogP contribution in [0, 0.1) is 19.3 Å². The van der Waals surface area contributed by atoms with Crippen molar-refractivity contribution in [2.45, 2.75) is 34.1 Å². The molecule has 0 aliphatic carbocycles. The van der Waals surface area contributed by atoms with Gasteiger partial charge in [0.25, 0.3) is 11.8 Å². The van der Waals surface area contributed by atoms with E-state index in [1.165, 1.54) is 4.90 Å². The van der Waals surface area contributed by atoms with Crippen LogP contribution < -0.4 is 0 Å². The Balaban J connectivity index is 2.38. The van der Waals surface area contributed by atoms with E-state index in [1.54, 1.807) is 0 Å². The van der Waals surface area contributed by atoms with Crippen LogP contribution in [0.4, 0.5) is 0 Å². The minimum Gasteiger partial charge on any atom is -0.396 e. The Morgan fingerprint density at radius 2 is 1.50 bits per heavy atom. The molecule has 2 amide bonds. The average Bonchev–Trinajstić information content (AvgIpc) is 2.59. The highest BCUT2D eigenvalue weighted by Gasteiger charge is 2.40. The van der Waals surface area contributed by atoms with Gasteiger partial charge in [0.15, 0.2) is 0 Å². The number of rotatable bonds is 4. The van der Waals surface area contributed by atoms with Gasteiger partial charge in [-0.15, -0.1) is 0 Å². The average molecular weight is 275 g/mol. The molecule has 1 aromatic rings. The van der Waals surface area contributed by atoms with Gasteiger partial charge in [-0.3, -0.25) is 14.5 Å². The molecule has 20 heavy (non-hydrogen) atoms. The van der Waals surface area contributed by atoms with E-state index in [4.69, 9.17) is 5.11 Å². The van der Waals surface area contributed by atoms with E-state index in [1.807, 2.05) is 39.8 Å². The number of imide groups is 1. The Bertz CT molecular complexity index is 534. The molecule has 0 aromatic heterocycles. The van der Waals surface area contributed by atoms with Crippen molar-refractivity contribution in [1.82, 2.24) is 4.90 Å². The van der Waals surface area contributed by atoms with E-state index in [0.717, 1.165) is 11.1 Å². The molecule has 1 N–H and O–H groups in total. The molecule has 4 nitrogen and oxygen atoms in total. The monoisotopic (exact) mass is 275 g/mol. The van der Waals surface area contributed by atoms with E-state index in [9.17, 15) is 9.59 Å². The van der Waals surface area contributed by atoms with Crippen molar-refractivity contribution in [3.05, 3.63) is 34.4 Å². The molecule has 0 atom stereocenters. The third-order valence-corrected chi connectivity index (χ3v) is 3.91. The standard InChI is InChI=1S/C16H21NO3/c1-10-5-6-11(2)13-12(10)14(19)17(15(13)20)9-16(3,4)7-8-18/h5-6,18H,7-9H2,1-4H3. The van der Waals surface area contributed by atoms with Crippen molar-refractivity contribution < 1.29 is 14.7 Å². The lowest BCUT2D eigenvalue weighted by molar-refractivity contribution is 0.0568. The molecule has 1 heterocycles.